The lowest BCUT2D eigenvalue weighted by molar-refractivity contribution is 0.439. The number of hydrogen-bond acceptors (Lipinski definition) is 4. The van der Waals surface area contributed by atoms with Crippen LogP contribution in [0.1, 0.15) is 58.2 Å². The Morgan fingerprint density at radius 3 is 2.72 bits per heavy atom. The highest BCUT2D eigenvalue weighted by molar-refractivity contribution is 7.99. The molecule has 0 unspecified atom stereocenters. The van der Waals surface area contributed by atoms with E-state index in [4.69, 9.17) is 10.1 Å². The third-order valence-electron chi connectivity index (χ3n) is 5.83. The lowest BCUT2D eigenvalue weighted by atomic mass is 9.69. The van der Waals surface area contributed by atoms with Crippen LogP contribution in [-0.2, 0) is 11.8 Å². The Hall–Kier alpha value is -2.34. The van der Waals surface area contributed by atoms with E-state index in [2.05, 4.69) is 52.5 Å². The number of benzene rings is 1. The Bertz CT molecular complexity index is 1170. The minimum atomic E-state index is -0.245. The zero-order valence-corrected chi connectivity index (χ0v) is 18.6. The standard InChI is InChI=1S/C23H28N4OS/c1-7-23(6)12-16-10-8-9-11-17(16)19-18(23)20(28)26-21(24-19)27(15(4)5)25-22(26)29-13-14(2)3/h8-11,15H,2,7,12-13H2,1,3-6H3/t23-/m0/s1. The normalized spacial score (nSPS) is 18.1. The summed E-state index contributed by atoms with van der Waals surface area (Å²) in [5.74, 6) is 1.34. The van der Waals surface area contributed by atoms with E-state index < -0.39 is 0 Å². The maximum Gasteiger partial charge on any atom is 0.265 e. The molecular formula is C23H28N4OS. The summed E-state index contributed by atoms with van der Waals surface area (Å²) in [7, 11) is 0. The maximum absolute atomic E-state index is 13.9. The van der Waals surface area contributed by atoms with Crippen molar-refractivity contribution >= 4 is 17.5 Å². The molecule has 1 aliphatic carbocycles. The van der Waals surface area contributed by atoms with Crippen LogP contribution in [0.2, 0.25) is 0 Å². The highest BCUT2D eigenvalue weighted by Crippen LogP contribution is 2.42. The monoisotopic (exact) mass is 408 g/mol. The molecular weight excluding hydrogens is 380 g/mol. The van der Waals surface area contributed by atoms with Gasteiger partial charge >= 0.3 is 0 Å². The summed E-state index contributed by atoms with van der Waals surface area (Å²) in [6, 6.07) is 8.43. The van der Waals surface area contributed by atoms with Crippen LogP contribution in [0.5, 0.6) is 0 Å². The predicted molar refractivity (Wildman–Crippen MR) is 120 cm³/mol. The summed E-state index contributed by atoms with van der Waals surface area (Å²) in [5, 5.41) is 5.45. The molecule has 1 aromatic carbocycles. The number of fused-ring (bicyclic) bond motifs is 4. The van der Waals surface area contributed by atoms with E-state index in [-0.39, 0.29) is 17.0 Å². The summed E-state index contributed by atoms with van der Waals surface area (Å²) in [6.07, 6.45) is 1.73. The first kappa shape index (κ1) is 20.0. The fourth-order valence-electron chi connectivity index (χ4n) is 4.10. The second-order valence-electron chi connectivity index (χ2n) is 8.59. The summed E-state index contributed by atoms with van der Waals surface area (Å²) >= 11 is 1.55. The van der Waals surface area contributed by atoms with Gasteiger partial charge in [-0.2, -0.15) is 0 Å². The van der Waals surface area contributed by atoms with Crippen LogP contribution in [0, 0.1) is 0 Å². The molecule has 0 N–H and O–H groups in total. The molecule has 0 bridgehead atoms. The minimum Gasteiger partial charge on any atom is -0.268 e. The molecule has 0 aliphatic heterocycles. The van der Waals surface area contributed by atoms with Crippen molar-refractivity contribution in [2.45, 2.75) is 64.1 Å². The zero-order chi connectivity index (χ0) is 20.9. The fraction of sp³-hybridized carbons (Fsp3) is 0.435. The molecule has 0 amide bonds. The van der Waals surface area contributed by atoms with Crippen LogP contribution < -0.4 is 5.56 Å². The molecule has 29 heavy (non-hydrogen) atoms. The van der Waals surface area contributed by atoms with Gasteiger partial charge in [-0.3, -0.25) is 4.79 Å². The van der Waals surface area contributed by atoms with Crippen LogP contribution in [-0.4, -0.2) is 24.9 Å². The Morgan fingerprint density at radius 1 is 1.34 bits per heavy atom. The molecule has 4 rings (SSSR count). The number of nitrogens with zero attached hydrogens (tertiary/aromatic N) is 4. The van der Waals surface area contributed by atoms with E-state index in [9.17, 15) is 4.79 Å². The van der Waals surface area contributed by atoms with Crippen molar-refractivity contribution in [2.75, 3.05) is 5.75 Å². The molecule has 0 saturated carbocycles. The van der Waals surface area contributed by atoms with Gasteiger partial charge in [-0.25, -0.2) is 14.1 Å². The zero-order valence-electron chi connectivity index (χ0n) is 17.8. The van der Waals surface area contributed by atoms with Crippen molar-refractivity contribution in [3.05, 3.63) is 57.9 Å². The second kappa shape index (κ2) is 7.17. The summed E-state index contributed by atoms with van der Waals surface area (Å²) < 4.78 is 3.58. The van der Waals surface area contributed by atoms with Gasteiger partial charge in [0.15, 0.2) is 5.16 Å². The SMILES string of the molecule is C=C(C)CSc1nn(C(C)C)c2nc3c(c(=O)n12)[C@@](C)(CC)Cc1ccccc1-3. The Balaban J connectivity index is 2.09. The molecule has 5 nitrogen and oxygen atoms in total. The number of hydrogen-bond donors (Lipinski definition) is 0. The van der Waals surface area contributed by atoms with Gasteiger partial charge in [-0.05, 0) is 39.2 Å². The lowest BCUT2D eigenvalue weighted by Crippen LogP contribution is -2.38. The number of aromatic nitrogens is 4. The molecule has 0 spiro atoms. The van der Waals surface area contributed by atoms with Crippen molar-refractivity contribution in [2.24, 2.45) is 0 Å². The first-order valence-corrected chi connectivity index (χ1v) is 11.2. The molecule has 6 heteroatoms. The largest absolute Gasteiger partial charge is 0.268 e. The van der Waals surface area contributed by atoms with E-state index >= 15 is 0 Å². The molecule has 0 fully saturated rings. The average molecular weight is 409 g/mol. The molecule has 2 aromatic heterocycles. The third kappa shape index (κ3) is 3.14. The van der Waals surface area contributed by atoms with Crippen LogP contribution in [0.15, 0.2) is 46.4 Å². The highest BCUT2D eigenvalue weighted by Gasteiger charge is 2.38. The predicted octanol–water partition coefficient (Wildman–Crippen LogP) is 5.03. The Kier molecular flexibility index (Phi) is 4.93. The van der Waals surface area contributed by atoms with Crippen LogP contribution in [0.3, 0.4) is 0 Å². The van der Waals surface area contributed by atoms with Crippen molar-refractivity contribution in [3.63, 3.8) is 0 Å². The van der Waals surface area contributed by atoms with Crippen LogP contribution >= 0.6 is 11.8 Å². The van der Waals surface area contributed by atoms with Crippen molar-refractivity contribution in [3.8, 4) is 11.3 Å². The van der Waals surface area contributed by atoms with Gasteiger partial charge in [-0.15, -0.1) is 5.10 Å². The molecule has 2 heterocycles. The van der Waals surface area contributed by atoms with Gasteiger partial charge < -0.3 is 0 Å². The highest BCUT2D eigenvalue weighted by atomic mass is 32.2. The topological polar surface area (TPSA) is 52.2 Å². The minimum absolute atomic E-state index is 0.0139. The van der Waals surface area contributed by atoms with Gasteiger partial charge in [-0.1, -0.05) is 62.0 Å². The number of rotatable bonds is 5. The molecule has 152 valence electrons. The van der Waals surface area contributed by atoms with Gasteiger partial charge in [0, 0.05) is 16.7 Å². The second-order valence-corrected chi connectivity index (χ2v) is 9.53. The van der Waals surface area contributed by atoms with E-state index in [1.807, 2.05) is 17.7 Å². The van der Waals surface area contributed by atoms with Crippen molar-refractivity contribution < 1.29 is 0 Å². The Labute approximate surface area is 175 Å². The molecule has 1 atom stereocenters. The Morgan fingerprint density at radius 2 is 2.07 bits per heavy atom. The van der Waals surface area contributed by atoms with Gasteiger partial charge in [0.1, 0.15) is 0 Å². The fourth-order valence-corrected chi connectivity index (χ4v) is 4.91. The van der Waals surface area contributed by atoms with E-state index in [1.165, 1.54) is 5.56 Å². The molecule has 0 radical (unpaired) electrons. The quantitative estimate of drug-likeness (QED) is 0.439. The van der Waals surface area contributed by atoms with Gasteiger partial charge in [0.05, 0.1) is 17.3 Å². The van der Waals surface area contributed by atoms with E-state index in [0.717, 1.165) is 41.0 Å². The van der Waals surface area contributed by atoms with Crippen LogP contribution in [0.25, 0.3) is 17.0 Å². The van der Waals surface area contributed by atoms with Crippen LogP contribution in [0.4, 0.5) is 0 Å². The molecule has 1 aliphatic rings. The van der Waals surface area contributed by atoms with E-state index in [0.29, 0.717) is 10.9 Å². The van der Waals surface area contributed by atoms with Crippen molar-refractivity contribution in [1.82, 2.24) is 19.2 Å². The lowest BCUT2D eigenvalue weighted by Gasteiger charge is -2.35. The summed E-state index contributed by atoms with van der Waals surface area (Å²) in [5.41, 5.74) is 4.78. The maximum atomic E-state index is 13.9. The smallest absolute Gasteiger partial charge is 0.265 e. The van der Waals surface area contributed by atoms with Crippen molar-refractivity contribution in [1.29, 1.82) is 0 Å². The molecule has 3 aromatic rings. The number of thioether (sulfide) groups is 1. The summed E-state index contributed by atoms with van der Waals surface area (Å²) in [4.78, 5) is 19.0. The summed E-state index contributed by atoms with van der Waals surface area (Å²) in [6.45, 7) is 14.4. The first-order valence-electron chi connectivity index (χ1n) is 10.2. The van der Waals surface area contributed by atoms with Gasteiger partial charge in [0.25, 0.3) is 5.56 Å². The van der Waals surface area contributed by atoms with E-state index in [1.54, 1.807) is 16.2 Å². The first-order chi connectivity index (χ1) is 13.8. The third-order valence-corrected chi connectivity index (χ3v) is 6.99. The van der Waals surface area contributed by atoms with Gasteiger partial charge in [0.2, 0.25) is 5.78 Å². The molecule has 0 saturated heterocycles. The average Bonchev–Trinajstić information content (AvgIpc) is 3.05.